The van der Waals surface area contributed by atoms with Gasteiger partial charge in [-0.1, -0.05) is 23.1 Å². The third kappa shape index (κ3) is 6.21. The first-order valence-corrected chi connectivity index (χ1v) is 7.67. The van der Waals surface area contributed by atoms with Crippen LogP contribution in [0.25, 0.3) is 0 Å². The molecule has 0 fully saturated rings. The van der Waals surface area contributed by atoms with E-state index in [1.54, 1.807) is 6.92 Å². The zero-order chi connectivity index (χ0) is 14.7. The molecule has 0 radical (unpaired) electrons. The van der Waals surface area contributed by atoms with Gasteiger partial charge in [-0.25, -0.2) is 0 Å². The molecule has 1 unspecified atom stereocenters. The van der Waals surface area contributed by atoms with Crippen molar-refractivity contribution in [2.75, 3.05) is 11.5 Å². The zero-order valence-electron chi connectivity index (χ0n) is 9.38. The van der Waals surface area contributed by atoms with E-state index < -0.39 is 21.9 Å². The molecule has 1 aromatic heterocycles. The average Bonchev–Trinajstić information content (AvgIpc) is 2.71. The Kier molecular flexibility index (Phi) is 5.80. The summed E-state index contributed by atoms with van der Waals surface area (Å²) in [4.78, 5) is 0. The van der Waals surface area contributed by atoms with Crippen LogP contribution in [0, 0.1) is 0 Å². The summed E-state index contributed by atoms with van der Waals surface area (Å²) in [5, 5.41) is 5.13. The van der Waals surface area contributed by atoms with Gasteiger partial charge >= 0.3 is 11.7 Å². The molecule has 1 atom stereocenters. The lowest BCUT2D eigenvalue weighted by Gasteiger charge is -2.08. The Balaban J connectivity index is 2.42. The molecule has 0 aromatic carbocycles. The van der Waals surface area contributed by atoms with Gasteiger partial charge in [-0.15, -0.1) is 10.2 Å². The van der Waals surface area contributed by atoms with E-state index in [1.165, 1.54) is 0 Å². The SMILES string of the molecule is CC(SCCSC(F)(F)F)c1nnc(C(F)(F)F)s1. The van der Waals surface area contributed by atoms with Crippen LogP contribution in [0.5, 0.6) is 0 Å². The third-order valence-corrected chi connectivity index (χ3v) is 5.20. The highest BCUT2D eigenvalue weighted by atomic mass is 32.2. The van der Waals surface area contributed by atoms with Crippen LogP contribution in [0.1, 0.15) is 22.2 Å². The van der Waals surface area contributed by atoms with Gasteiger partial charge in [0.05, 0.1) is 5.25 Å². The maximum absolute atomic E-state index is 12.3. The summed E-state index contributed by atoms with van der Waals surface area (Å²) in [5.74, 6) is 0.0235. The van der Waals surface area contributed by atoms with Crippen molar-refractivity contribution in [3.63, 3.8) is 0 Å². The summed E-state index contributed by atoms with van der Waals surface area (Å²) in [6.45, 7) is 1.59. The Bertz CT molecular complexity index is 402. The topological polar surface area (TPSA) is 25.8 Å². The van der Waals surface area contributed by atoms with E-state index in [0.717, 1.165) is 11.8 Å². The maximum atomic E-state index is 12.3. The molecular weight excluding hydrogens is 334 g/mol. The monoisotopic (exact) mass is 342 g/mol. The van der Waals surface area contributed by atoms with Gasteiger partial charge in [-0.2, -0.15) is 38.1 Å². The summed E-state index contributed by atoms with van der Waals surface area (Å²) < 4.78 is 72.4. The fourth-order valence-electron chi connectivity index (χ4n) is 0.967. The maximum Gasteiger partial charge on any atom is 0.445 e. The van der Waals surface area contributed by atoms with Crippen LogP contribution in [-0.2, 0) is 6.18 Å². The molecule has 0 spiro atoms. The predicted molar refractivity (Wildman–Crippen MR) is 64.3 cm³/mol. The first-order valence-electron chi connectivity index (χ1n) is 4.82. The van der Waals surface area contributed by atoms with Crippen molar-refractivity contribution < 1.29 is 26.3 Å². The Hall–Kier alpha value is -0.160. The molecule has 0 saturated carbocycles. The molecule has 0 aliphatic carbocycles. The molecule has 2 nitrogen and oxygen atoms in total. The number of hydrogen-bond donors (Lipinski definition) is 0. The predicted octanol–water partition coefficient (Wildman–Crippen LogP) is 4.60. The molecule has 0 saturated heterocycles. The number of thioether (sulfide) groups is 2. The van der Waals surface area contributed by atoms with Crippen molar-refractivity contribution in [1.82, 2.24) is 10.2 Å². The van der Waals surface area contributed by atoms with Crippen LogP contribution in [0.15, 0.2) is 0 Å². The van der Waals surface area contributed by atoms with Gasteiger partial charge in [-0.05, 0) is 6.92 Å². The molecule has 0 aliphatic heterocycles. The fourth-order valence-corrected chi connectivity index (χ4v) is 3.45. The molecule has 0 bridgehead atoms. The molecule has 11 heteroatoms. The Labute approximate surface area is 117 Å². The van der Waals surface area contributed by atoms with Crippen LogP contribution >= 0.6 is 34.9 Å². The van der Waals surface area contributed by atoms with Crippen LogP contribution in [-0.4, -0.2) is 27.2 Å². The normalized spacial score (nSPS) is 14.7. The first kappa shape index (κ1) is 16.9. The number of alkyl halides is 6. The fraction of sp³-hybridized carbons (Fsp3) is 0.750. The number of hydrogen-bond acceptors (Lipinski definition) is 5. The summed E-state index contributed by atoms with van der Waals surface area (Å²) in [6.07, 6.45) is -4.54. The molecule has 0 aliphatic rings. The van der Waals surface area contributed by atoms with Gasteiger partial charge in [0.2, 0.25) is 5.01 Å². The lowest BCUT2D eigenvalue weighted by Crippen LogP contribution is -2.03. The first-order chi connectivity index (χ1) is 8.59. The summed E-state index contributed by atoms with van der Waals surface area (Å²) in [6, 6.07) is 0. The highest BCUT2D eigenvalue weighted by Gasteiger charge is 2.36. The van der Waals surface area contributed by atoms with E-state index >= 15 is 0 Å². The standard InChI is InChI=1S/C8H8F6N2S3/c1-4(17-2-3-18-8(12,13)14)5-15-16-6(19-5)7(9,10)11/h4H,2-3H2,1H3. The van der Waals surface area contributed by atoms with Crippen molar-refractivity contribution in [1.29, 1.82) is 0 Å². The van der Waals surface area contributed by atoms with Gasteiger partial charge in [0, 0.05) is 11.5 Å². The largest absolute Gasteiger partial charge is 0.445 e. The van der Waals surface area contributed by atoms with Gasteiger partial charge < -0.3 is 0 Å². The van der Waals surface area contributed by atoms with Gasteiger partial charge in [-0.3, -0.25) is 0 Å². The second-order valence-electron chi connectivity index (χ2n) is 3.25. The second kappa shape index (κ2) is 6.53. The highest BCUT2D eigenvalue weighted by molar-refractivity contribution is 8.03. The Morgan fingerprint density at radius 2 is 1.74 bits per heavy atom. The van der Waals surface area contributed by atoms with E-state index in [4.69, 9.17) is 0 Å². The summed E-state index contributed by atoms with van der Waals surface area (Å²) in [7, 11) is 0. The lowest BCUT2D eigenvalue weighted by molar-refractivity contribution is -0.138. The lowest BCUT2D eigenvalue weighted by atomic mass is 10.5. The van der Waals surface area contributed by atoms with Crippen molar-refractivity contribution in [2.24, 2.45) is 0 Å². The van der Waals surface area contributed by atoms with Gasteiger partial charge in [0.25, 0.3) is 0 Å². The molecule has 0 amide bonds. The molecule has 19 heavy (non-hydrogen) atoms. The van der Waals surface area contributed by atoms with Crippen LogP contribution < -0.4 is 0 Å². The van der Waals surface area contributed by atoms with E-state index in [1.807, 2.05) is 0 Å². The molecule has 1 aromatic rings. The van der Waals surface area contributed by atoms with Crippen molar-refractivity contribution in [3.05, 3.63) is 10.0 Å². The van der Waals surface area contributed by atoms with Crippen LogP contribution in [0.3, 0.4) is 0 Å². The Morgan fingerprint density at radius 1 is 1.11 bits per heavy atom. The van der Waals surface area contributed by atoms with Crippen molar-refractivity contribution in [2.45, 2.75) is 23.9 Å². The minimum absolute atomic E-state index is 0.149. The van der Waals surface area contributed by atoms with Gasteiger partial charge in [0.15, 0.2) is 0 Å². The number of nitrogens with zero attached hydrogens (tertiary/aromatic N) is 2. The third-order valence-electron chi connectivity index (χ3n) is 1.75. The number of halogens is 6. The smallest absolute Gasteiger partial charge is 0.164 e. The molecule has 110 valence electrons. The molecular formula is C8H8F6N2S3. The molecule has 1 heterocycles. The Morgan fingerprint density at radius 3 is 2.21 bits per heavy atom. The summed E-state index contributed by atoms with van der Waals surface area (Å²) >= 11 is 1.38. The van der Waals surface area contributed by atoms with Gasteiger partial charge in [0.1, 0.15) is 5.01 Å². The molecule has 0 N–H and O–H groups in total. The highest BCUT2D eigenvalue weighted by Crippen LogP contribution is 2.37. The minimum Gasteiger partial charge on any atom is -0.164 e. The molecule has 1 rings (SSSR count). The number of aromatic nitrogens is 2. The van der Waals surface area contributed by atoms with E-state index in [9.17, 15) is 26.3 Å². The second-order valence-corrected chi connectivity index (χ2v) is 6.87. The quantitative estimate of drug-likeness (QED) is 0.577. The van der Waals surface area contributed by atoms with Crippen LogP contribution in [0.2, 0.25) is 0 Å². The van der Waals surface area contributed by atoms with Crippen molar-refractivity contribution in [3.8, 4) is 0 Å². The summed E-state index contributed by atoms with van der Waals surface area (Å²) in [5.41, 5.74) is -4.28. The van der Waals surface area contributed by atoms with Crippen LogP contribution in [0.4, 0.5) is 26.3 Å². The minimum atomic E-state index is -4.54. The van der Waals surface area contributed by atoms with E-state index in [0.29, 0.717) is 11.3 Å². The van der Waals surface area contributed by atoms with E-state index in [-0.39, 0.29) is 28.3 Å². The zero-order valence-corrected chi connectivity index (χ0v) is 11.8. The van der Waals surface area contributed by atoms with E-state index in [2.05, 4.69) is 10.2 Å². The average molecular weight is 342 g/mol. The number of rotatable bonds is 5. The van der Waals surface area contributed by atoms with Crippen molar-refractivity contribution >= 4 is 34.9 Å².